The van der Waals surface area contributed by atoms with Crippen LogP contribution in [-0.4, -0.2) is 48.4 Å². The molecule has 5 nitrogen and oxygen atoms in total. The average molecular weight is 354 g/mol. The van der Waals surface area contributed by atoms with Crippen LogP contribution in [-0.2, 0) is 11.3 Å². The van der Waals surface area contributed by atoms with Crippen LogP contribution in [0.5, 0.6) is 0 Å². The summed E-state index contributed by atoms with van der Waals surface area (Å²) in [5.41, 5.74) is 1.88. The second-order valence-electron chi connectivity index (χ2n) is 6.18. The summed E-state index contributed by atoms with van der Waals surface area (Å²) >= 11 is 1.39. The molecule has 6 heteroatoms. The summed E-state index contributed by atoms with van der Waals surface area (Å²) in [6, 6.07) is 14.3. The quantitative estimate of drug-likeness (QED) is 0.867. The van der Waals surface area contributed by atoms with Crippen molar-refractivity contribution in [3.63, 3.8) is 0 Å². The average Bonchev–Trinajstić information content (AvgIpc) is 3.09. The van der Waals surface area contributed by atoms with E-state index in [1.54, 1.807) is 6.07 Å². The summed E-state index contributed by atoms with van der Waals surface area (Å²) in [7, 11) is 0. The highest BCUT2D eigenvalue weighted by atomic mass is 32.1. The van der Waals surface area contributed by atoms with Crippen LogP contribution in [0, 0.1) is 11.3 Å². The van der Waals surface area contributed by atoms with Crippen molar-refractivity contribution < 1.29 is 4.79 Å². The maximum Gasteiger partial charge on any atom is 0.226 e. The summed E-state index contributed by atoms with van der Waals surface area (Å²) in [4.78, 5) is 16.9. The molecule has 1 saturated heterocycles. The number of rotatable bonds is 6. The number of nitrogens with zero attached hydrogens (tertiary/aromatic N) is 3. The Kier molecular flexibility index (Phi) is 6.18. The minimum absolute atomic E-state index is 0.0225. The van der Waals surface area contributed by atoms with E-state index in [-0.39, 0.29) is 5.91 Å². The fourth-order valence-electron chi connectivity index (χ4n) is 2.96. The van der Waals surface area contributed by atoms with E-state index in [0.717, 1.165) is 39.3 Å². The molecule has 3 rings (SSSR count). The standard InChI is InChI=1S/C19H22N4OS/c20-14-17-7-13-25-19(17)21-18(24)6-8-22-9-11-23(12-10-22)15-16-4-2-1-3-5-16/h1-5,7,13H,6,8-12,15H2,(H,21,24). The molecule has 1 aromatic heterocycles. The lowest BCUT2D eigenvalue weighted by atomic mass is 10.2. The van der Waals surface area contributed by atoms with Gasteiger partial charge in [0.2, 0.25) is 5.91 Å². The van der Waals surface area contributed by atoms with Crippen molar-refractivity contribution in [1.29, 1.82) is 5.26 Å². The highest BCUT2D eigenvalue weighted by Gasteiger charge is 2.18. The van der Waals surface area contributed by atoms with E-state index in [0.29, 0.717) is 17.0 Å². The molecule has 0 aliphatic carbocycles. The molecule has 0 atom stereocenters. The lowest BCUT2D eigenvalue weighted by molar-refractivity contribution is -0.116. The first-order valence-electron chi connectivity index (χ1n) is 8.50. The number of amides is 1. The number of hydrogen-bond acceptors (Lipinski definition) is 5. The van der Waals surface area contributed by atoms with Gasteiger partial charge in [0.25, 0.3) is 0 Å². The van der Waals surface area contributed by atoms with E-state index < -0.39 is 0 Å². The minimum Gasteiger partial charge on any atom is -0.317 e. The highest BCUT2D eigenvalue weighted by molar-refractivity contribution is 7.14. The highest BCUT2D eigenvalue weighted by Crippen LogP contribution is 2.22. The van der Waals surface area contributed by atoms with Gasteiger partial charge >= 0.3 is 0 Å². The zero-order chi connectivity index (χ0) is 17.5. The molecule has 0 radical (unpaired) electrons. The van der Waals surface area contributed by atoms with Gasteiger partial charge in [-0.3, -0.25) is 9.69 Å². The summed E-state index contributed by atoms with van der Waals surface area (Å²) in [6.07, 6.45) is 0.460. The summed E-state index contributed by atoms with van der Waals surface area (Å²) in [5, 5.41) is 14.3. The molecular weight excluding hydrogens is 332 g/mol. The zero-order valence-electron chi connectivity index (χ0n) is 14.1. The lowest BCUT2D eigenvalue weighted by Crippen LogP contribution is -2.46. The van der Waals surface area contributed by atoms with Crippen LogP contribution in [0.4, 0.5) is 5.00 Å². The smallest absolute Gasteiger partial charge is 0.226 e. The van der Waals surface area contributed by atoms with E-state index in [1.165, 1.54) is 16.9 Å². The van der Waals surface area contributed by atoms with Crippen LogP contribution in [0.2, 0.25) is 0 Å². The first-order valence-corrected chi connectivity index (χ1v) is 9.38. The second kappa shape index (κ2) is 8.77. The van der Waals surface area contributed by atoms with Crippen molar-refractivity contribution in [2.75, 3.05) is 38.0 Å². The summed E-state index contributed by atoms with van der Waals surface area (Å²) in [6.45, 7) is 5.79. The molecule has 1 amide bonds. The predicted octanol–water partition coefficient (Wildman–Crippen LogP) is 2.77. The van der Waals surface area contributed by atoms with E-state index in [4.69, 9.17) is 5.26 Å². The number of carbonyl (C=O) groups excluding carboxylic acids is 1. The van der Waals surface area contributed by atoms with Crippen LogP contribution in [0.3, 0.4) is 0 Å². The van der Waals surface area contributed by atoms with Crippen LogP contribution >= 0.6 is 11.3 Å². The molecule has 130 valence electrons. The van der Waals surface area contributed by atoms with Crippen LogP contribution < -0.4 is 5.32 Å². The van der Waals surface area contributed by atoms with Crippen LogP contribution in [0.25, 0.3) is 0 Å². The maximum atomic E-state index is 12.1. The Morgan fingerprint density at radius 2 is 1.84 bits per heavy atom. The van der Waals surface area contributed by atoms with Crippen molar-refractivity contribution in [3.05, 3.63) is 52.9 Å². The molecule has 1 aliphatic heterocycles. The Morgan fingerprint density at radius 1 is 1.12 bits per heavy atom. The SMILES string of the molecule is N#Cc1ccsc1NC(=O)CCN1CCN(Cc2ccccc2)CC1. The summed E-state index contributed by atoms with van der Waals surface area (Å²) < 4.78 is 0. The number of nitriles is 1. The molecular formula is C19H22N4OS. The third-order valence-electron chi connectivity index (χ3n) is 4.41. The number of benzene rings is 1. The molecule has 1 fully saturated rings. The van der Waals surface area contributed by atoms with Gasteiger partial charge in [0.15, 0.2) is 0 Å². The Labute approximate surface area is 152 Å². The van der Waals surface area contributed by atoms with Crippen LogP contribution in [0.15, 0.2) is 41.8 Å². The Balaban J connectivity index is 1.38. The van der Waals surface area contributed by atoms with Crippen molar-refractivity contribution in [3.8, 4) is 6.07 Å². The molecule has 0 spiro atoms. The zero-order valence-corrected chi connectivity index (χ0v) is 15.0. The molecule has 2 aromatic rings. The minimum atomic E-state index is -0.0225. The van der Waals surface area contributed by atoms with Gasteiger partial charge in [0.05, 0.1) is 5.56 Å². The maximum absolute atomic E-state index is 12.1. The van der Waals surface area contributed by atoms with Gasteiger partial charge < -0.3 is 10.2 Å². The summed E-state index contributed by atoms with van der Waals surface area (Å²) in [5.74, 6) is -0.0225. The number of thiophene rings is 1. The van der Waals surface area contributed by atoms with Crippen molar-refractivity contribution in [2.24, 2.45) is 0 Å². The molecule has 1 aliphatic rings. The Bertz CT molecular complexity index is 729. The van der Waals surface area contributed by atoms with Gasteiger partial charge in [-0.05, 0) is 17.0 Å². The normalized spacial score (nSPS) is 15.6. The third-order valence-corrected chi connectivity index (χ3v) is 5.24. The Hall–Kier alpha value is -2.20. The van der Waals surface area contributed by atoms with E-state index in [9.17, 15) is 4.79 Å². The van der Waals surface area contributed by atoms with Gasteiger partial charge in [-0.1, -0.05) is 30.3 Å². The number of hydrogen-bond donors (Lipinski definition) is 1. The number of anilines is 1. The monoisotopic (exact) mass is 354 g/mol. The molecule has 25 heavy (non-hydrogen) atoms. The van der Waals surface area contributed by atoms with Gasteiger partial charge in [-0.25, -0.2) is 0 Å². The Morgan fingerprint density at radius 3 is 2.56 bits per heavy atom. The molecule has 1 aromatic carbocycles. The van der Waals surface area contributed by atoms with Crippen molar-refractivity contribution >= 4 is 22.2 Å². The fraction of sp³-hybridized carbons (Fsp3) is 0.368. The fourth-order valence-corrected chi connectivity index (χ4v) is 3.71. The van der Waals surface area contributed by atoms with E-state index >= 15 is 0 Å². The molecule has 2 heterocycles. The van der Waals surface area contributed by atoms with E-state index in [1.807, 2.05) is 11.4 Å². The third kappa shape index (κ3) is 5.13. The number of carbonyl (C=O) groups is 1. The van der Waals surface area contributed by atoms with Crippen molar-refractivity contribution in [1.82, 2.24) is 9.80 Å². The van der Waals surface area contributed by atoms with Crippen LogP contribution in [0.1, 0.15) is 17.5 Å². The lowest BCUT2D eigenvalue weighted by Gasteiger charge is -2.34. The molecule has 0 bridgehead atoms. The molecule has 1 N–H and O–H groups in total. The first-order chi connectivity index (χ1) is 12.2. The molecule has 0 unspecified atom stereocenters. The molecule has 0 saturated carbocycles. The van der Waals surface area contributed by atoms with Gasteiger partial charge in [-0.2, -0.15) is 5.26 Å². The second-order valence-corrected chi connectivity index (χ2v) is 7.09. The van der Waals surface area contributed by atoms with Gasteiger partial charge in [0, 0.05) is 45.7 Å². The largest absolute Gasteiger partial charge is 0.317 e. The van der Waals surface area contributed by atoms with E-state index in [2.05, 4.69) is 45.5 Å². The van der Waals surface area contributed by atoms with Crippen molar-refractivity contribution in [2.45, 2.75) is 13.0 Å². The topological polar surface area (TPSA) is 59.4 Å². The number of nitrogens with one attached hydrogen (secondary N) is 1. The first kappa shape index (κ1) is 17.6. The predicted molar refractivity (Wildman–Crippen MR) is 100 cm³/mol. The number of piperazine rings is 1. The van der Waals surface area contributed by atoms with Gasteiger partial charge in [0.1, 0.15) is 11.1 Å². The van der Waals surface area contributed by atoms with Gasteiger partial charge in [-0.15, -0.1) is 11.3 Å².